The van der Waals surface area contributed by atoms with E-state index in [-0.39, 0.29) is 11.7 Å². The van der Waals surface area contributed by atoms with Gasteiger partial charge in [0.15, 0.2) is 0 Å². The average molecular weight is 292 g/mol. The normalized spacial score (nSPS) is 11.5. The number of ketones is 1. The lowest BCUT2D eigenvalue weighted by atomic mass is 9.90. The highest BCUT2D eigenvalue weighted by Gasteiger charge is 2.22. The van der Waals surface area contributed by atoms with Crippen LogP contribution in [0.25, 0.3) is 0 Å². The molecule has 0 bridgehead atoms. The number of hydrogen-bond donors (Lipinski definition) is 0. The van der Waals surface area contributed by atoms with E-state index in [1.165, 1.54) is 0 Å². The Labute approximate surface area is 126 Å². The first kappa shape index (κ1) is 17.1. The van der Waals surface area contributed by atoms with E-state index >= 15 is 0 Å². The van der Waals surface area contributed by atoms with Crippen LogP contribution < -0.4 is 14.2 Å². The lowest BCUT2D eigenvalue weighted by molar-refractivity contribution is -0.117. The summed E-state index contributed by atoms with van der Waals surface area (Å²) in [5.74, 6) is 2.02. The fraction of sp³-hybridized carbons (Fsp3) is 0.471. The van der Waals surface area contributed by atoms with Gasteiger partial charge in [-0.25, -0.2) is 0 Å². The van der Waals surface area contributed by atoms with Crippen LogP contribution in [0.5, 0.6) is 17.2 Å². The molecule has 0 fully saturated rings. The minimum atomic E-state index is -0.0803. The highest BCUT2D eigenvalue weighted by Crippen LogP contribution is 2.41. The van der Waals surface area contributed by atoms with Crippen LogP contribution in [0.3, 0.4) is 0 Å². The van der Waals surface area contributed by atoms with Gasteiger partial charge >= 0.3 is 0 Å². The molecule has 0 amide bonds. The molecule has 0 aliphatic heterocycles. The van der Waals surface area contributed by atoms with Gasteiger partial charge in [0.05, 0.1) is 21.3 Å². The van der Waals surface area contributed by atoms with Crippen molar-refractivity contribution in [1.82, 2.24) is 0 Å². The van der Waals surface area contributed by atoms with Gasteiger partial charge in [-0.3, -0.25) is 4.79 Å². The molecular weight excluding hydrogens is 268 g/mol. The minimum absolute atomic E-state index is 0.0803. The first-order chi connectivity index (χ1) is 9.92. The molecule has 0 radical (unpaired) electrons. The second-order valence-electron chi connectivity index (χ2n) is 5.20. The summed E-state index contributed by atoms with van der Waals surface area (Å²) in [6.07, 6.45) is 2.47. The van der Waals surface area contributed by atoms with Crippen LogP contribution in [0.15, 0.2) is 23.8 Å². The summed E-state index contributed by atoms with van der Waals surface area (Å²) in [5.41, 5.74) is 2.01. The first-order valence-corrected chi connectivity index (χ1v) is 6.87. The van der Waals surface area contributed by atoms with Crippen LogP contribution in [0.2, 0.25) is 0 Å². The number of carbonyl (C=O) groups is 1. The Hall–Kier alpha value is -1.97. The molecule has 0 saturated carbocycles. The van der Waals surface area contributed by atoms with Gasteiger partial charge in [-0.1, -0.05) is 11.6 Å². The number of rotatable bonds is 7. The van der Waals surface area contributed by atoms with E-state index in [0.29, 0.717) is 23.7 Å². The maximum absolute atomic E-state index is 11.6. The van der Waals surface area contributed by atoms with Crippen LogP contribution in [0.4, 0.5) is 0 Å². The first-order valence-electron chi connectivity index (χ1n) is 6.87. The molecule has 1 rings (SSSR count). The Kier molecular flexibility index (Phi) is 6.28. The Morgan fingerprint density at radius 1 is 1.05 bits per heavy atom. The highest BCUT2D eigenvalue weighted by molar-refractivity contribution is 5.77. The Bertz CT molecular complexity index is 503. The third kappa shape index (κ3) is 4.52. The number of ether oxygens (including phenoxy) is 3. The van der Waals surface area contributed by atoms with E-state index in [9.17, 15) is 4.79 Å². The highest BCUT2D eigenvalue weighted by atomic mass is 16.5. The Balaban J connectivity index is 3.47. The van der Waals surface area contributed by atoms with Gasteiger partial charge in [0.2, 0.25) is 0 Å². The second kappa shape index (κ2) is 7.72. The fourth-order valence-electron chi connectivity index (χ4n) is 2.35. The summed E-state index contributed by atoms with van der Waals surface area (Å²) in [5, 5.41) is 0. The topological polar surface area (TPSA) is 44.8 Å². The number of hydrogen-bond acceptors (Lipinski definition) is 4. The molecule has 0 aliphatic rings. The van der Waals surface area contributed by atoms with Gasteiger partial charge in [-0.05, 0) is 20.8 Å². The smallest absolute Gasteiger partial charge is 0.130 e. The van der Waals surface area contributed by atoms with Crippen molar-refractivity contribution in [2.75, 3.05) is 21.3 Å². The maximum atomic E-state index is 11.6. The standard InChI is InChI=1S/C17H24O4/c1-11(2)7-13(8-12(3)18)17-15(20-5)9-14(19-4)10-16(17)21-6/h7,9-10,13H,8H2,1-6H3/t13-/m1/s1. The average Bonchev–Trinajstić information content (AvgIpc) is 2.43. The van der Waals surface area contributed by atoms with Gasteiger partial charge in [0, 0.05) is 30.0 Å². The molecule has 1 aromatic carbocycles. The summed E-state index contributed by atoms with van der Waals surface area (Å²) < 4.78 is 16.2. The minimum Gasteiger partial charge on any atom is -0.496 e. The zero-order chi connectivity index (χ0) is 16.0. The molecule has 0 N–H and O–H groups in total. The summed E-state index contributed by atoms with van der Waals surface area (Å²) in [6.45, 7) is 5.61. The van der Waals surface area contributed by atoms with E-state index in [1.807, 2.05) is 26.0 Å². The largest absolute Gasteiger partial charge is 0.496 e. The number of Topliss-reactive ketones (excluding diaryl/α,β-unsaturated/α-hetero) is 1. The lowest BCUT2D eigenvalue weighted by Gasteiger charge is -2.20. The fourth-order valence-corrected chi connectivity index (χ4v) is 2.35. The van der Waals surface area contributed by atoms with Crippen molar-refractivity contribution in [2.24, 2.45) is 0 Å². The van der Waals surface area contributed by atoms with E-state index in [4.69, 9.17) is 14.2 Å². The molecule has 1 aromatic rings. The van der Waals surface area contributed by atoms with E-state index < -0.39 is 0 Å². The number of carbonyl (C=O) groups excluding carboxylic acids is 1. The Morgan fingerprint density at radius 3 is 1.90 bits per heavy atom. The van der Waals surface area contributed by atoms with Gasteiger partial charge in [-0.15, -0.1) is 0 Å². The molecular formula is C17H24O4. The van der Waals surface area contributed by atoms with Crippen LogP contribution in [-0.2, 0) is 4.79 Å². The molecule has 0 aliphatic carbocycles. The molecule has 4 nitrogen and oxygen atoms in total. The zero-order valence-electron chi connectivity index (χ0n) is 13.6. The number of allylic oxidation sites excluding steroid dienone is 2. The third-order valence-electron chi connectivity index (χ3n) is 3.17. The van der Waals surface area contributed by atoms with Crippen LogP contribution in [0, 0.1) is 0 Å². The lowest BCUT2D eigenvalue weighted by Crippen LogP contribution is -2.07. The van der Waals surface area contributed by atoms with E-state index in [2.05, 4.69) is 6.08 Å². The van der Waals surface area contributed by atoms with Crippen LogP contribution >= 0.6 is 0 Å². The molecule has 0 aromatic heterocycles. The van der Waals surface area contributed by atoms with E-state index in [0.717, 1.165) is 11.1 Å². The molecule has 0 spiro atoms. The predicted molar refractivity (Wildman–Crippen MR) is 83.6 cm³/mol. The summed E-state index contributed by atoms with van der Waals surface area (Å²) in [7, 11) is 4.80. The van der Waals surface area contributed by atoms with Crippen molar-refractivity contribution >= 4 is 5.78 Å². The van der Waals surface area contributed by atoms with E-state index in [1.54, 1.807) is 28.3 Å². The van der Waals surface area contributed by atoms with Crippen molar-refractivity contribution < 1.29 is 19.0 Å². The molecule has 0 heterocycles. The molecule has 0 unspecified atom stereocenters. The van der Waals surface area contributed by atoms with Crippen molar-refractivity contribution in [3.63, 3.8) is 0 Å². The molecule has 116 valence electrons. The third-order valence-corrected chi connectivity index (χ3v) is 3.17. The van der Waals surface area contributed by atoms with Crippen LogP contribution in [0.1, 0.15) is 38.7 Å². The number of methoxy groups -OCH3 is 3. The van der Waals surface area contributed by atoms with Crippen molar-refractivity contribution in [1.29, 1.82) is 0 Å². The van der Waals surface area contributed by atoms with Gasteiger partial charge < -0.3 is 14.2 Å². The van der Waals surface area contributed by atoms with Crippen molar-refractivity contribution in [2.45, 2.75) is 33.1 Å². The predicted octanol–water partition coefficient (Wildman–Crippen LogP) is 3.74. The zero-order valence-corrected chi connectivity index (χ0v) is 13.6. The Morgan fingerprint density at radius 2 is 1.57 bits per heavy atom. The van der Waals surface area contributed by atoms with Crippen molar-refractivity contribution in [3.8, 4) is 17.2 Å². The molecule has 21 heavy (non-hydrogen) atoms. The number of benzene rings is 1. The summed E-state index contributed by atoms with van der Waals surface area (Å²) in [6, 6.07) is 3.62. The maximum Gasteiger partial charge on any atom is 0.130 e. The van der Waals surface area contributed by atoms with Gasteiger partial charge in [0.1, 0.15) is 23.0 Å². The monoisotopic (exact) mass is 292 g/mol. The second-order valence-corrected chi connectivity index (χ2v) is 5.20. The summed E-state index contributed by atoms with van der Waals surface area (Å²) >= 11 is 0. The van der Waals surface area contributed by atoms with Crippen molar-refractivity contribution in [3.05, 3.63) is 29.3 Å². The van der Waals surface area contributed by atoms with Gasteiger partial charge in [0.25, 0.3) is 0 Å². The summed E-state index contributed by atoms with van der Waals surface area (Å²) in [4.78, 5) is 11.6. The quantitative estimate of drug-likeness (QED) is 0.718. The molecule has 4 heteroatoms. The SMILES string of the molecule is COc1cc(OC)c([C@H](C=C(C)C)CC(C)=O)c(OC)c1. The van der Waals surface area contributed by atoms with Gasteiger partial charge in [-0.2, -0.15) is 0 Å². The van der Waals surface area contributed by atoms with Crippen LogP contribution in [-0.4, -0.2) is 27.1 Å². The molecule has 1 atom stereocenters. The molecule has 0 saturated heterocycles.